The predicted molar refractivity (Wildman–Crippen MR) is 121 cm³/mol. The van der Waals surface area contributed by atoms with Crippen LogP contribution in [0.2, 0.25) is 0 Å². The van der Waals surface area contributed by atoms with Gasteiger partial charge in [-0.2, -0.15) is 0 Å². The van der Waals surface area contributed by atoms with Crippen LogP contribution in [-0.4, -0.2) is 53.0 Å². The molecule has 184 valence electrons. The van der Waals surface area contributed by atoms with Crippen molar-refractivity contribution in [2.75, 3.05) is 0 Å². The number of carboxylic acids is 1. The van der Waals surface area contributed by atoms with E-state index in [1.165, 1.54) is 31.2 Å². The molecule has 9 nitrogen and oxygen atoms in total. The second kappa shape index (κ2) is 12.9. The molecule has 0 unspecified atom stereocenters. The number of hydrogen-bond acceptors (Lipinski definition) is 5. The van der Waals surface area contributed by atoms with Gasteiger partial charge in [0, 0.05) is 0 Å². The maximum atomic E-state index is 13.1. The first-order valence-corrected chi connectivity index (χ1v) is 11.0. The largest absolute Gasteiger partial charge is 0.480 e. The molecule has 1 aromatic carbocycles. The molecule has 0 bridgehead atoms. The molecule has 0 aliphatic carbocycles. The average Bonchev–Trinajstić information content (AvgIpc) is 2.75. The van der Waals surface area contributed by atoms with Gasteiger partial charge in [-0.05, 0) is 42.9 Å². The number of hydrogen-bond donors (Lipinski definition) is 5. The minimum Gasteiger partial charge on any atom is -0.480 e. The zero-order chi connectivity index (χ0) is 25.3. The van der Waals surface area contributed by atoms with Gasteiger partial charge in [-0.3, -0.25) is 19.2 Å². The van der Waals surface area contributed by atoms with E-state index in [1.54, 1.807) is 20.8 Å². The maximum absolute atomic E-state index is 13.1. The van der Waals surface area contributed by atoms with Crippen LogP contribution >= 0.6 is 0 Å². The molecule has 5 atom stereocenters. The van der Waals surface area contributed by atoms with Crippen molar-refractivity contribution in [3.63, 3.8) is 0 Å². The Morgan fingerprint density at radius 2 is 1.42 bits per heavy atom. The van der Waals surface area contributed by atoms with Crippen LogP contribution in [0.15, 0.2) is 24.3 Å². The molecule has 33 heavy (non-hydrogen) atoms. The van der Waals surface area contributed by atoms with Crippen LogP contribution < -0.4 is 21.7 Å². The van der Waals surface area contributed by atoms with E-state index >= 15 is 0 Å². The fourth-order valence-corrected chi connectivity index (χ4v) is 3.07. The fraction of sp³-hybridized carbons (Fsp3) is 0.565. The van der Waals surface area contributed by atoms with Crippen molar-refractivity contribution < 1.29 is 28.7 Å². The summed E-state index contributed by atoms with van der Waals surface area (Å²) in [6.45, 7) is 8.41. The number of amides is 3. The highest BCUT2D eigenvalue weighted by Gasteiger charge is 2.33. The molecule has 0 saturated carbocycles. The number of carbonyl (C=O) groups is 4. The Balaban J connectivity index is 2.89. The summed E-state index contributed by atoms with van der Waals surface area (Å²) in [6.07, 6.45) is 0.713. The van der Waals surface area contributed by atoms with Crippen LogP contribution in [0.25, 0.3) is 0 Å². The van der Waals surface area contributed by atoms with E-state index in [9.17, 15) is 23.6 Å². The van der Waals surface area contributed by atoms with Gasteiger partial charge >= 0.3 is 5.97 Å². The highest BCUT2D eigenvalue weighted by Crippen LogP contribution is 2.11. The third-order valence-corrected chi connectivity index (χ3v) is 5.47. The topological polar surface area (TPSA) is 151 Å². The Labute approximate surface area is 193 Å². The summed E-state index contributed by atoms with van der Waals surface area (Å²) in [7, 11) is 0. The number of carboxylic acid groups (broad SMARTS) is 1. The number of rotatable bonds is 12. The third kappa shape index (κ3) is 8.80. The van der Waals surface area contributed by atoms with E-state index in [-0.39, 0.29) is 18.3 Å². The van der Waals surface area contributed by atoms with Gasteiger partial charge in [0.2, 0.25) is 17.7 Å². The van der Waals surface area contributed by atoms with E-state index in [0.717, 1.165) is 0 Å². The lowest BCUT2D eigenvalue weighted by Crippen LogP contribution is -2.59. The third-order valence-electron chi connectivity index (χ3n) is 5.47. The molecule has 0 fully saturated rings. The zero-order valence-corrected chi connectivity index (χ0v) is 19.7. The van der Waals surface area contributed by atoms with Gasteiger partial charge in [0.1, 0.15) is 23.9 Å². The number of nitrogens with two attached hydrogens (primary N) is 1. The predicted octanol–water partition coefficient (Wildman–Crippen LogP) is 0.957. The summed E-state index contributed by atoms with van der Waals surface area (Å²) in [4.78, 5) is 49.3. The number of halogens is 1. The van der Waals surface area contributed by atoms with Gasteiger partial charge in [0.15, 0.2) is 0 Å². The maximum Gasteiger partial charge on any atom is 0.325 e. The Kier molecular flexibility index (Phi) is 10.9. The molecule has 6 N–H and O–H groups in total. The molecule has 0 heterocycles. The van der Waals surface area contributed by atoms with Crippen LogP contribution in [-0.2, 0) is 25.6 Å². The van der Waals surface area contributed by atoms with E-state index in [2.05, 4.69) is 16.0 Å². The zero-order valence-electron chi connectivity index (χ0n) is 19.7. The summed E-state index contributed by atoms with van der Waals surface area (Å²) in [5.74, 6) is -3.93. The lowest BCUT2D eigenvalue weighted by Gasteiger charge is -2.29. The van der Waals surface area contributed by atoms with E-state index in [4.69, 9.17) is 10.8 Å². The molecular weight excluding hydrogens is 431 g/mol. The van der Waals surface area contributed by atoms with Crippen molar-refractivity contribution in [2.24, 2.45) is 17.6 Å². The van der Waals surface area contributed by atoms with Gasteiger partial charge in [0.25, 0.3) is 0 Å². The van der Waals surface area contributed by atoms with Crippen molar-refractivity contribution in [3.8, 4) is 0 Å². The highest BCUT2D eigenvalue weighted by atomic mass is 19.1. The molecule has 1 aromatic rings. The van der Waals surface area contributed by atoms with Crippen LogP contribution in [0.4, 0.5) is 4.39 Å². The number of carbonyl (C=O) groups excluding carboxylic acids is 3. The quantitative estimate of drug-likeness (QED) is 0.310. The second-order valence-electron chi connectivity index (χ2n) is 8.61. The molecular formula is C23H35FN4O5. The minimum absolute atomic E-state index is 0.156. The number of nitrogens with one attached hydrogen (secondary N) is 3. The van der Waals surface area contributed by atoms with Crippen molar-refractivity contribution in [1.29, 1.82) is 0 Å². The van der Waals surface area contributed by atoms with Gasteiger partial charge < -0.3 is 26.8 Å². The molecule has 0 aliphatic rings. The number of benzene rings is 1. The Bertz CT molecular complexity index is 831. The average molecular weight is 467 g/mol. The first-order valence-electron chi connectivity index (χ1n) is 11.0. The summed E-state index contributed by atoms with van der Waals surface area (Å²) >= 11 is 0. The molecule has 0 radical (unpaired) electrons. The molecule has 10 heteroatoms. The molecule has 0 aromatic heterocycles. The van der Waals surface area contributed by atoms with Gasteiger partial charge in [-0.25, -0.2) is 4.39 Å². The molecule has 0 saturated heterocycles. The Morgan fingerprint density at radius 1 is 0.909 bits per heavy atom. The van der Waals surface area contributed by atoms with E-state index < -0.39 is 53.7 Å². The minimum atomic E-state index is -1.19. The van der Waals surface area contributed by atoms with Crippen LogP contribution in [0.5, 0.6) is 0 Å². The Morgan fingerprint density at radius 3 is 1.91 bits per heavy atom. The SMILES string of the molecule is CC[C@H](C)[C@H](NC(=O)[C@@H](NC(=O)[C@@H](N)Cc1ccc(F)cc1)C(C)C)C(=O)N[C@@H](C)C(=O)O. The molecule has 1 rings (SSSR count). The van der Waals surface area contributed by atoms with Crippen molar-refractivity contribution in [2.45, 2.75) is 71.6 Å². The molecule has 0 aliphatic heterocycles. The standard InChI is InChI=1S/C23H35FN4O5/c1-6-13(4)19(22(31)26-14(5)23(32)33)28-21(30)18(12(2)3)27-20(29)17(25)11-15-7-9-16(24)10-8-15/h7-10,12-14,17-19H,6,11,25H2,1-5H3,(H,26,31)(H,27,29)(H,28,30)(H,32,33)/t13-,14-,17-,18-,19-/m0/s1. The monoisotopic (exact) mass is 466 g/mol. The summed E-state index contributed by atoms with van der Waals surface area (Å²) in [6, 6.07) is 1.58. The van der Waals surface area contributed by atoms with Crippen LogP contribution in [0.1, 0.15) is 46.6 Å². The fourth-order valence-electron chi connectivity index (χ4n) is 3.07. The molecule has 3 amide bonds. The first-order chi connectivity index (χ1) is 15.4. The number of aliphatic carboxylic acids is 1. The normalized spacial score (nSPS) is 15.6. The van der Waals surface area contributed by atoms with Crippen molar-refractivity contribution in [3.05, 3.63) is 35.6 Å². The summed E-state index contributed by atoms with van der Waals surface area (Å²) in [5, 5.41) is 16.7. The summed E-state index contributed by atoms with van der Waals surface area (Å²) < 4.78 is 13.1. The first kappa shape index (κ1) is 28.0. The molecule has 0 spiro atoms. The Hall–Kier alpha value is -3.01. The van der Waals surface area contributed by atoms with E-state index in [0.29, 0.717) is 12.0 Å². The van der Waals surface area contributed by atoms with Crippen molar-refractivity contribution in [1.82, 2.24) is 16.0 Å². The lowest BCUT2D eigenvalue weighted by molar-refractivity contribution is -0.142. The van der Waals surface area contributed by atoms with Gasteiger partial charge in [-0.1, -0.05) is 46.2 Å². The van der Waals surface area contributed by atoms with Crippen LogP contribution in [0, 0.1) is 17.7 Å². The smallest absolute Gasteiger partial charge is 0.325 e. The second-order valence-corrected chi connectivity index (χ2v) is 8.61. The summed E-state index contributed by atoms with van der Waals surface area (Å²) in [5.41, 5.74) is 6.65. The lowest BCUT2D eigenvalue weighted by atomic mass is 9.96. The van der Waals surface area contributed by atoms with E-state index in [1.807, 2.05) is 6.92 Å². The van der Waals surface area contributed by atoms with Crippen LogP contribution in [0.3, 0.4) is 0 Å². The van der Waals surface area contributed by atoms with Crippen molar-refractivity contribution >= 4 is 23.7 Å². The highest BCUT2D eigenvalue weighted by molar-refractivity contribution is 5.94. The van der Waals surface area contributed by atoms with Gasteiger partial charge in [0.05, 0.1) is 6.04 Å². The van der Waals surface area contributed by atoms with Gasteiger partial charge in [-0.15, -0.1) is 0 Å².